The molecule has 38 heavy (non-hydrogen) atoms. The van der Waals surface area contributed by atoms with Gasteiger partial charge >= 0.3 is 0 Å². The number of nitrogens with zero attached hydrogens (tertiary/aromatic N) is 2. The van der Waals surface area contributed by atoms with Gasteiger partial charge in [-0.05, 0) is 92.9 Å². The minimum Gasteiger partial charge on any atom is -0.342 e. The maximum atomic E-state index is 13.3. The topological polar surface area (TPSA) is 23.6 Å². The van der Waals surface area contributed by atoms with Gasteiger partial charge in [-0.3, -0.25) is 4.79 Å². The van der Waals surface area contributed by atoms with Gasteiger partial charge in [0.15, 0.2) is 0 Å². The summed E-state index contributed by atoms with van der Waals surface area (Å²) in [5.74, 6) is 0.890. The number of hydrogen-bond acceptors (Lipinski definition) is 2. The fourth-order valence-electron chi connectivity index (χ4n) is 6.49. The molecule has 2 aliphatic rings. The van der Waals surface area contributed by atoms with Crippen molar-refractivity contribution in [1.29, 1.82) is 0 Å². The molecular formula is C33H38Cl2N2O. The fourth-order valence-corrected chi connectivity index (χ4v) is 6.79. The van der Waals surface area contributed by atoms with Crippen LogP contribution >= 0.6 is 23.2 Å². The van der Waals surface area contributed by atoms with Gasteiger partial charge in [-0.15, -0.1) is 0 Å². The number of piperidine rings is 2. The van der Waals surface area contributed by atoms with E-state index in [1.54, 1.807) is 0 Å². The summed E-state index contributed by atoms with van der Waals surface area (Å²) in [6, 6.07) is 27.1. The molecule has 0 spiro atoms. The van der Waals surface area contributed by atoms with Gasteiger partial charge in [-0.25, -0.2) is 0 Å². The predicted molar refractivity (Wildman–Crippen MR) is 158 cm³/mol. The smallest absolute Gasteiger partial charge is 0.227 e. The summed E-state index contributed by atoms with van der Waals surface area (Å²) in [7, 11) is 0. The van der Waals surface area contributed by atoms with Crippen molar-refractivity contribution in [1.82, 2.24) is 9.80 Å². The van der Waals surface area contributed by atoms with Crippen molar-refractivity contribution in [3.63, 3.8) is 0 Å². The third-order valence-corrected chi connectivity index (χ3v) is 9.39. The highest BCUT2D eigenvalue weighted by Gasteiger charge is 2.38. The standard InChI is InChI=1S/C33H38Cl2N2O/c34-30-14-13-29(24-31(30)35)33(18-8-20-37(25-33)32(38)23-26-9-3-1-4-10-26)17-7-19-36-21-15-28(16-22-36)27-11-5-2-6-12-27/h1-6,9-14,24,28H,7-8,15-23,25H2. The molecule has 0 radical (unpaired) electrons. The van der Waals surface area contributed by atoms with E-state index in [2.05, 4.69) is 46.2 Å². The maximum absolute atomic E-state index is 13.3. The van der Waals surface area contributed by atoms with Crippen LogP contribution < -0.4 is 0 Å². The molecule has 1 unspecified atom stereocenters. The summed E-state index contributed by atoms with van der Waals surface area (Å²) in [6.45, 7) is 4.97. The molecular weight excluding hydrogens is 511 g/mol. The van der Waals surface area contributed by atoms with Crippen LogP contribution in [0.1, 0.15) is 61.1 Å². The molecule has 3 nitrogen and oxygen atoms in total. The Balaban J connectivity index is 1.24. The number of amides is 1. The molecule has 5 heteroatoms. The van der Waals surface area contributed by atoms with Gasteiger partial charge in [0.05, 0.1) is 16.5 Å². The van der Waals surface area contributed by atoms with E-state index in [0.29, 0.717) is 22.4 Å². The van der Waals surface area contributed by atoms with Crippen LogP contribution in [0.2, 0.25) is 10.0 Å². The SMILES string of the molecule is O=C(Cc1ccccc1)N1CCCC(CCCN2CCC(c3ccccc3)CC2)(c2ccc(Cl)c(Cl)c2)C1. The molecule has 0 aliphatic carbocycles. The summed E-state index contributed by atoms with van der Waals surface area (Å²) < 4.78 is 0. The lowest BCUT2D eigenvalue weighted by atomic mass is 9.71. The molecule has 0 bridgehead atoms. The third kappa shape index (κ3) is 6.62. The first-order chi connectivity index (χ1) is 18.5. The second kappa shape index (κ2) is 12.7. The van der Waals surface area contributed by atoms with Crippen LogP contribution in [0, 0.1) is 0 Å². The van der Waals surface area contributed by atoms with E-state index >= 15 is 0 Å². The van der Waals surface area contributed by atoms with Gasteiger partial charge in [0, 0.05) is 18.5 Å². The average Bonchev–Trinajstić information content (AvgIpc) is 2.96. The van der Waals surface area contributed by atoms with Crippen LogP contribution in [0.4, 0.5) is 0 Å². The Morgan fingerprint density at radius 3 is 2.29 bits per heavy atom. The molecule has 5 rings (SSSR count). The lowest BCUT2D eigenvalue weighted by molar-refractivity contribution is -0.132. The number of carbonyl (C=O) groups excluding carboxylic acids is 1. The first-order valence-electron chi connectivity index (χ1n) is 14.1. The van der Waals surface area contributed by atoms with Crippen LogP contribution in [0.3, 0.4) is 0 Å². The highest BCUT2D eigenvalue weighted by atomic mass is 35.5. The molecule has 0 N–H and O–H groups in total. The van der Waals surface area contributed by atoms with Crippen LogP contribution in [0.25, 0.3) is 0 Å². The van der Waals surface area contributed by atoms with Gasteiger partial charge < -0.3 is 9.80 Å². The van der Waals surface area contributed by atoms with E-state index in [-0.39, 0.29) is 11.3 Å². The van der Waals surface area contributed by atoms with Crippen molar-refractivity contribution in [3.8, 4) is 0 Å². The molecule has 1 amide bonds. The van der Waals surface area contributed by atoms with E-state index in [1.807, 2.05) is 42.5 Å². The minimum absolute atomic E-state index is 0.0960. The number of halogens is 2. The number of carbonyl (C=O) groups is 1. The zero-order valence-corrected chi connectivity index (χ0v) is 23.6. The van der Waals surface area contributed by atoms with Crippen molar-refractivity contribution in [3.05, 3.63) is 106 Å². The molecule has 200 valence electrons. The van der Waals surface area contributed by atoms with Crippen LogP contribution in [0.5, 0.6) is 0 Å². The number of likely N-dealkylation sites (tertiary alicyclic amines) is 2. The number of benzene rings is 3. The zero-order chi connectivity index (χ0) is 26.4. The van der Waals surface area contributed by atoms with Crippen LogP contribution in [-0.4, -0.2) is 48.4 Å². The Morgan fingerprint density at radius 1 is 0.868 bits per heavy atom. The van der Waals surface area contributed by atoms with Gasteiger partial charge in [-0.2, -0.15) is 0 Å². The Labute approximate surface area is 237 Å². The monoisotopic (exact) mass is 548 g/mol. The molecule has 3 aromatic rings. The van der Waals surface area contributed by atoms with Crippen LogP contribution in [-0.2, 0) is 16.6 Å². The Hall–Kier alpha value is -2.33. The van der Waals surface area contributed by atoms with Gasteiger partial charge in [0.1, 0.15) is 0 Å². The van der Waals surface area contributed by atoms with Crippen molar-refractivity contribution in [2.75, 3.05) is 32.7 Å². The summed E-state index contributed by atoms with van der Waals surface area (Å²) in [4.78, 5) is 18.1. The Bertz CT molecular complexity index is 1190. The highest BCUT2D eigenvalue weighted by Crippen LogP contribution is 2.41. The fraction of sp³-hybridized carbons (Fsp3) is 0.424. The quantitative estimate of drug-likeness (QED) is 0.287. The van der Waals surface area contributed by atoms with Crippen molar-refractivity contribution < 1.29 is 4.79 Å². The summed E-state index contributed by atoms with van der Waals surface area (Å²) in [6.07, 6.45) is 7.12. The summed E-state index contributed by atoms with van der Waals surface area (Å²) in [5, 5.41) is 1.18. The van der Waals surface area contributed by atoms with Crippen molar-refractivity contribution in [2.45, 2.75) is 56.3 Å². The molecule has 3 aromatic carbocycles. The Kier molecular flexibility index (Phi) is 9.09. The van der Waals surface area contributed by atoms with Gasteiger partial charge in [-0.1, -0.05) is 89.9 Å². The molecule has 2 fully saturated rings. The Morgan fingerprint density at radius 2 is 1.58 bits per heavy atom. The second-order valence-electron chi connectivity index (χ2n) is 11.1. The molecule has 2 saturated heterocycles. The molecule has 0 aromatic heterocycles. The van der Waals surface area contributed by atoms with E-state index in [9.17, 15) is 4.79 Å². The van der Waals surface area contributed by atoms with E-state index < -0.39 is 0 Å². The normalized spacial score (nSPS) is 20.9. The summed E-state index contributed by atoms with van der Waals surface area (Å²) >= 11 is 12.8. The van der Waals surface area contributed by atoms with E-state index in [0.717, 1.165) is 64.0 Å². The number of rotatable bonds is 8. The van der Waals surface area contributed by atoms with E-state index in [4.69, 9.17) is 23.2 Å². The van der Waals surface area contributed by atoms with E-state index in [1.165, 1.54) is 24.0 Å². The predicted octanol–water partition coefficient (Wildman–Crippen LogP) is 7.76. The van der Waals surface area contributed by atoms with Crippen LogP contribution in [0.15, 0.2) is 78.9 Å². The van der Waals surface area contributed by atoms with Crippen molar-refractivity contribution in [2.24, 2.45) is 0 Å². The largest absolute Gasteiger partial charge is 0.342 e. The lowest BCUT2D eigenvalue weighted by Crippen LogP contribution is -2.49. The minimum atomic E-state index is -0.0960. The van der Waals surface area contributed by atoms with Gasteiger partial charge in [0.2, 0.25) is 5.91 Å². The van der Waals surface area contributed by atoms with Crippen molar-refractivity contribution >= 4 is 29.1 Å². The highest BCUT2D eigenvalue weighted by molar-refractivity contribution is 6.42. The molecule has 2 aliphatic heterocycles. The molecule has 0 saturated carbocycles. The average molecular weight is 550 g/mol. The third-order valence-electron chi connectivity index (χ3n) is 8.65. The maximum Gasteiger partial charge on any atom is 0.227 e. The van der Waals surface area contributed by atoms with Gasteiger partial charge in [0.25, 0.3) is 0 Å². The number of hydrogen-bond donors (Lipinski definition) is 0. The second-order valence-corrected chi connectivity index (χ2v) is 11.9. The lowest BCUT2D eigenvalue weighted by Gasteiger charge is -2.44. The molecule has 2 heterocycles. The summed E-state index contributed by atoms with van der Waals surface area (Å²) in [5.41, 5.74) is 3.67. The molecule has 1 atom stereocenters. The first-order valence-corrected chi connectivity index (χ1v) is 14.8. The zero-order valence-electron chi connectivity index (χ0n) is 22.1. The first kappa shape index (κ1) is 27.2.